The zero-order valence-corrected chi connectivity index (χ0v) is 17.1. The molecule has 1 atom stereocenters. The van der Waals surface area contributed by atoms with Crippen LogP contribution in [0.5, 0.6) is 11.5 Å². The Hall–Kier alpha value is -3.71. The summed E-state index contributed by atoms with van der Waals surface area (Å²) >= 11 is 1.35. The average molecular weight is 432 g/mol. The molecule has 0 bridgehead atoms. The highest BCUT2D eigenvalue weighted by molar-refractivity contribution is 7.13. The molecular weight excluding hydrogens is 415 g/mol. The molecule has 154 valence electrons. The second kappa shape index (κ2) is 8.20. The highest BCUT2D eigenvalue weighted by atomic mass is 32.1. The normalized spacial score (nSPS) is 14.8. The standard InChI is InChI=1S/C24H17FN2O3S/c25-17-9-3-1-7-15(17)24-27-19(14-31-24)16-8-2-4-10-18(16)26-23(28)22-13-29-20-11-5-6-12-21(20)30-22/h1-12,14,22H,13H2,(H,26,28). The summed E-state index contributed by atoms with van der Waals surface area (Å²) in [4.78, 5) is 17.4. The van der Waals surface area contributed by atoms with Gasteiger partial charge < -0.3 is 14.8 Å². The highest BCUT2D eigenvalue weighted by Gasteiger charge is 2.28. The Morgan fingerprint density at radius 1 is 0.968 bits per heavy atom. The summed E-state index contributed by atoms with van der Waals surface area (Å²) < 4.78 is 25.6. The number of carbonyl (C=O) groups excluding carboxylic acids is 1. The summed E-state index contributed by atoms with van der Waals surface area (Å²) in [6, 6.07) is 21.1. The fourth-order valence-electron chi connectivity index (χ4n) is 3.33. The van der Waals surface area contributed by atoms with Gasteiger partial charge in [-0.1, -0.05) is 42.5 Å². The van der Waals surface area contributed by atoms with Crippen LogP contribution in [0.25, 0.3) is 21.8 Å². The zero-order valence-electron chi connectivity index (χ0n) is 16.2. The molecule has 1 aromatic heterocycles. The van der Waals surface area contributed by atoms with Crippen LogP contribution in [0.3, 0.4) is 0 Å². The van der Waals surface area contributed by atoms with Crippen molar-refractivity contribution in [3.05, 3.63) is 84.0 Å². The van der Waals surface area contributed by atoms with Gasteiger partial charge >= 0.3 is 0 Å². The number of carbonyl (C=O) groups is 1. The van der Waals surface area contributed by atoms with Crippen molar-refractivity contribution in [1.29, 1.82) is 0 Å². The Morgan fingerprint density at radius 3 is 2.52 bits per heavy atom. The molecular formula is C24H17FN2O3S. The lowest BCUT2D eigenvalue weighted by atomic mass is 10.1. The first-order valence-corrected chi connectivity index (χ1v) is 10.6. The summed E-state index contributed by atoms with van der Waals surface area (Å²) in [6.45, 7) is 0.124. The Balaban J connectivity index is 1.38. The number of ether oxygens (including phenoxy) is 2. The number of aromatic nitrogens is 1. The fourth-order valence-corrected chi connectivity index (χ4v) is 4.18. The van der Waals surface area contributed by atoms with E-state index in [2.05, 4.69) is 10.3 Å². The molecule has 0 aliphatic carbocycles. The maximum atomic E-state index is 14.1. The first-order chi connectivity index (χ1) is 15.2. The van der Waals surface area contributed by atoms with Crippen LogP contribution in [-0.2, 0) is 4.79 Å². The third kappa shape index (κ3) is 3.87. The second-order valence-corrected chi connectivity index (χ2v) is 7.77. The summed E-state index contributed by atoms with van der Waals surface area (Å²) in [7, 11) is 0. The molecule has 1 amide bonds. The molecule has 31 heavy (non-hydrogen) atoms. The number of nitrogens with one attached hydrogen (secondary N) is 1. The lowest BCUT2D eigenvalue weighted by molar-refractivity contribution is -0.125. The number of benzene rings is 3. The third-order valence-electron chi connectivity index (χ3n) is 4.87. The lowest BCUT2D eigenvalue weighted by Crippen LogP contribution is -2.40. The number of hydrogen-bond acceptors (Lipinski definition) is 5. The number of nitrogens with zero attached hydrogens (tertiary/aromatic N) is 1. The Bertz CT molecular complexity index is 1260. The summed E-state index contributed by atoms with van der Waals surface area (Å²) in [5.41, 5.74) is 2.45. The van der Waals surface area contributed by atoms with Crippen molar-refractivity contribution in [2.75, 3.05) is 11.9 Å². The van der Waals surface area contributed by atoms with E-state index in [9.17, 15) is 9.18 Å². The molecule has 0 radical (unpaired) electrons. The molecule has 0 saturated heterocycles. The van der Waals surface area contributed by atoms with Crippen LogP contribution in [0.1, 0.15) is 0 Å². The monoisotopic (exact) mass is 432 g/mol. The van der Waals surface area contributed by atoms with Gasteiger partial charge in [-0.3, -0.25) is 4.79 Å². The molecule has 7 heteroatoms. The van der Waals surface area contributed by atoms with Crippen LogP contribution in [0.2, 0.25) is 0 Å². The van der Waals surface area contributed by atoms with Gasteiger partial charge in [0.15, 0.2) is 11.5 Å². The molecule has 1 N–H and O–H groups in total. The number of amides is 1. The van der Waals surface area contributed by atoms with Gasteiger partial charge in [0.1, 0.15) is 17.4 Å². The van der Waals surface area contributed by atoms with Gasteiger partial charge in [-0.05, 0) is 30.3 Å². The molecule has 0 fully saturated rings. The van der Waals surface area contributed by atoms with Gasteiger partial charge in [-0.2, -0.15) is 0 Å². The van der Waals surface area contributed by atoms with Crippen molar-refractivity contribution in [2.24, 2.45) is 0 Å². The first-order valence-electron chi connectivity index (χ1n) is 9.68. The highest BCUT2D eigenvalue weighted by Crippen LogP contribution is 2.34. The van der Waals surface area contributed by atoms with Crippen LogP contribution in [0.4, 0.5) is 10.1 Å². The Kier molecular flexibility index (Phi) is 5.09. The van der Waals surface area contributed by atoms with E-state index in [1.165, 1.54) is 17.4 Å². The minimum Gasteiger partial charge on any atom is -0.485 e. The number of rotatable bonds is 4. The van der Waals surface area contributed by atoms with Crippen LogP contribution in [0.15, 0.2) is 78.2 Å². The minimum absolute atomic E-state index is 0.124. The largest absolute Gasteiger partial charge is 0.485 e. The van der Waals surface area contributed by atoms with Crippen molar-refractivity contribution in [1.82, 2.24) is 4.98 Å². The predicted molar refractivity (Wildman–Crippen MR) is 118 cm³/mol. The van der Waals surface area contributed by atoms with Gasteiger partial charge in [0.05, 0.1) is 11.4 Å². The lowest BCUT2D eigenvalue weighted by Gasteiger charge is -2.25. The number of anilines is 1. The maximum Gasteiger partial charge on any atom is 0.269 e. The van der Waals surface area contributed by atoms with E-state index >= 15 is 0 Å². The van der Waals surface area contributed by atoms with Crippen molar-refractivity contribution in [3.8, 4) is 33.3 Å². The van der Waals surface area contributed by atoms with Crippen molar-refractivity contribution in [2.45, 2.75) is 6.10 Å². The zero-order chi connectivity index (χ0) is 21.2. The van der Waals surface area contributed by atoms with E-state index in [0.717, 1.165) is 5.56 Å². The van der Waals surface area contributed by atoms with Gasteiger partial charge in [-0.15, -0.1) is 11.3 Å². The SMILES string of the molecule is O=C(Nc1ccccc1-c1csc(-c2ccccc2F)n1)C1COc2ccccc2O1. The van der Waals surface area contributed by atoms with Gasteiger partial charge in [-0.25, -0.2) is 9.37 Å². The van der Waals surface area contributed by atoms with Gasteiger partial charge in [0.2, 0.25) is 6.10 Å². The molecule has 4 aromatic rings. The molecule has 3 aromatic carbocycles. The number of hydrogen-bond donors (Lipinski definition) is 1. The topological polar surface area (TPSA) is 60.5 Å². The van der Waals surface area contributed by atoms with Crippen LogP contribution >= 0.6 is 11.3 Å². The first kappa shape index (κ1) is 19.3. The van der Waals surface area contributed by atoms with E-state index in [-0.39, 0.29) is 18.3 Å². The number of halogens is 1. The van der Waals surface area contributed by atoms with E-state index in [4.69, 9.17) is 9.47 Å². The summed E-state index contributed by atoms with van der Waals surface area (Å²) in [6.07, 6.45) is -0.771. The molecule has 1 unspecified atom stereocenters. The summed E-state index contributed by atoms with van der Waals surface area (Å²) in [5.74, 6) is 0.525. The van der Waals surface area contributed by atoms with Gasteiger partial charge in [0.25, 0.3) is 5.91 Å². The Labute approximate surface area is 182 Å². The molecule has 5 nitrogen and oxygen atoms in total. The van der Waals surface area contributed by atoms with Crippen LogP contribution in [0, 0.1) is 5.82 Å². The molecule has 1 aliphatic heterocycles. The Morgan fingerprint density at radius 2 is 1.68 bits per heavy atom. The van der Waals surface area contributed by atoms with Crippen LogP contribution < -0.4 is 14.8 Å². The average Bonchev–Trinajstić information content (AvgIpc) is 3.29. The number of thiazole rings is 1. The van der Waals surface area contributed by atoms with E-state index in [1.54, 1.807) is 36.4 Å². The van der Waals surface area contributed by atoms with Crippen molar-refractivity contribution < 1.29 is 18.7 Å². The van der Waals surface area contributed by atoms with E-state index in [1.807, 2.05) is 35.7 Å². The molecule has 0 spiro atoms. The van der Waals surface area contributed by atoms with Crippen molar-refractivity contribution >= 4 is 22.9 Å². The minimum atomic E-state index is -0.771. The molecule has 1 aliphatic rings. The molecule has 0 saturated carbocycles. The van der Waals surface area contributed by atoms with Crippen molar-refractivity contribution in [3.63, 3.8) is 0 Å². The third-order valence-corrected chi connectivity index (χ3v) is 5.75. The fraction of sp³-hybridized carbons (Fsp3) is 0.0833. The smallest absolute Gasteiger partial charge is 0.269 e. The predicted octanol–water partition coefficient (Wildman–Crippen LogP) is 5.39. The maximum absolute atomic E-state index is 14.1. The molecule has 2 heterocycles. The second-order valence-electron chi connectivity index (χ2n) is 6.92. The van der Waals surface area contributed by atoms with E-state index < -0.39 is 6.10 Å². The summed E-state index contributed by atoms with van der Waals surface area (Å²) in [5, 5.41) is 5.35. The van der Waals surface area contributed by atoms with Gasteiger partial charge in [0, 0.05) is 16.5 Å². The quantitative estimate of drug-likeness (QED) is 0.469. The molecule has 5 rings (SSSR count). The van der Waals surface area contributed by atoms with Crippen LogP contribution in [-0.4, -0.2) is 23.6 Å². The number of para-hydroxylation sites is 3. The number of fused-ring (bicyclic) bond motifs is 1. The van der Waals surface area contributed by atoms with E-state index in [0.29, 0.717) is 33.5 Å².